The molecule has 1 N–H and O–H groups in total. The number of benzene rings is 2. The number of hydrogen-bond donors (Lipinski definition) is 1. The summed E-state index contributed by atoms with van der Waals surface area (Å²) in [5, 5.41) is 17.6. The van der Waals surface area contributed by atoms with E-state index in [1.165, 1.54) is 0 Å². The first-order valence-electron chi connectivity index (χ1n) is 9.75. The van der Waals surface area contributed by atoms with E-state index in [4.69, 9.17) is 19.3 Å². The molecule has 1 fully saturated rings. The number of ether oxygens (including phenoxy) is 3. The van der Waals surface area contributed by atoms with Crippen LogP contribution in [0.4, 0.5) is 0 Å². The highest BCUT2D eigenvalue weighted by atomic mass is 16.5. The summed E-state index contributed by atoms with van der Waals surface area (Å²) in [5.41, 5.74) is 2.21. The average molecular weight is 380 g/mol. The maximum atomic E-state index is 10.5. The Bertz CT molecular complexity index is 950. The van der Waals surface area contributed by atoms with Gasteiger partial charge in [0.25, 0.3) is 0 Å². The van der Waals surface area contributed by atoms with E-state index < -0.39 is 5.72 Å². The quantitative estimate of drug-likeness (QED) is 0.864. The number of methoxy groups -OCH3 is 2. The fraction of sp³-hybridized carbons (Fsp3) is 0.409. The summed E-state index contributed by atoms with van der Waals surface area (Å²) < 4.78 is 17.5. The Labute approximate surface area is 164 Å². The Morgan fingerprint density at radius 3 is 2.71 bits per heavy atom. The minimum absolute atomic E-state index is 0.0672. The number of fused-ring (bicyclic) bond motifs is 4. The zero-order valence-electron chi connectivity index (χ0n) is 16.1. The van der Waals surface area contributed by atoms with Crippen LogP contribution in [0.2, 0.25) is 0 Å². The summed E-state index contributed by atoms with van der Waals surface area (Å²) in [6, 6.07) is 11.4. The molecule has 1 unspecified atom stereocenters. The fourth-order valence-corrected chi connectivity index (χ4v) is 4.72. The zero-order chi connectivity index (χ0) is 19.3. The van der Waals surface area contributed by atoms with Crippen molar-refractivity contribution < 1.29 is 19.3 Å². The van der Waals surface area contributed by atoms with Crippen molar-refractivity contribution in [3.05, 3.63) is 47.5 Å². The lowest BCUT2D eigenvalue weighted by Crippen LogP contribution is -2.51. The number of rotatable bonds is 3. The molecule has 2 aliphatic heterocycles. The van der Waals surface area contributed by atoms with E-state index >= 15 is 0 Å². The third kappa shape index (κ3) is 2.44. The molecule has 1 aliphatic carbocycles. The first-order chi connectivity index (χ1) is 13.6. The zero-order valence-corrected chi connectivity index (χ0v) is 16.1. The van der Waals surface area contributed by atoms with Gasteiger partial charge in [0.2, 0.25) is 0 Å². The van der Waals surface area contributed by atoms with Crippen molar-refractivity contribution in [1.29, 1.82) is 0 Å². The molecule has 5 rings (SSSR count). The van der Waals surface area contributed by atoms with Crippen LogP contribution in [0.15, 0.2) is 41.5 Å². The third-order valence-electron chi connectivity index (χ3n) is 6.11. The second-order valence-electron chi connectivity index (χ2n) is 7.63. The van der Waals surface area contributed by atoms with Gasteiger partial charge < -0.3 is 19.3 Å². The molecule has 0 amide bonds. The van der Waals surface area contributed by atoms with Crippen LogP contribution in [0.3, 0.4) is 0 Å². The predicted molar refractivity (Wildman–Crippen MR) is 105 cm³/mol. The van der Waals surface area contributed by atoms with Gasteiger partial charge in [-0.15, -0.1) is 0 Å². The van der Waals surface area contributed by atoms with Crippen molar-refractivity contribution in [2.75, 3.05) is 14.2 Å². The Balaban J connectivity index is 1.62. The van der Waals surface area contributed by atoms with E-state index in [1.54, 1.807) is 26.4 Å². The molecule has 1 saturated carbocycles. The van der Waals surface area contributed by atoms with Gasteiger partial charge in [-0.2, -0.15) is 5.10 Å². The van der Waals surface area contributed by atoms with Crippen LogP contribution in [0.25, 0.3) is 0 Å². The summed E-state index contributed by atoms with van der Waals surface area (Å²) in [7, 11) is 3.30. The molecular formula is C22H24N2O4. The van der Waals surface area contributed by atoms with Gasteiger partial charge in [-0.3, -0.25) is 0 Å². The van der Waals surface area contributed by atoms with Crippen molar-refractivity contribution in [1.82, 2.24) is 5.01 Å². The van der Waals surface area contributed by atoms with Crippen LogP contribution in [-0.2, 0) is 0 Å². The Hall–Kier alpha value is -2.89. The highest BCUT2D eigenvalue weighted by Gasteiger charge is 2.52. The number of hydrogen-bond acceptors (Lipinski definition) is 6. The second-order valence-corrected chi connectivity index (χ2v) is 7.63. The van der Waals surface area contributed by atoms with Gasteiger partial charge in [-0.05, 0) is 37.1 Å². The Morgan fingerprint density at radius 2 is 1.96 bits per heavy atom. The van der Waals surface area contributed by atoms with Crippen molar-refractivity contribution in [3.8, 4) is 23.0 Å². The first kappa shape index (κ1) is 17.2. The molecule has 1 atom stereocenters. The van der Waals surface area contributed by atoms with Gasteiger partial charge in [0.05, 0.1) is 26.0 Å². The highest BCUT2D eigenvalue weighted by Crippen LogP contribution is 2.54. The molecule has 0 aromatic heterocycles. The minimum Gasteiger partial charge on any atom is -0.507 e. The van der Waals surface area contributed by atoms with Crippen molar-refractivity contribution in [3.63, 3.8) is 0 Å². The Morgan fingerprint density at radius 1 is 1.14 bits per heavy atom. The van der Waals surface area contributed by atoms with Crippen LogP contribution in [-0.4, -0.2) is 35.8 Å². The van der Waals surface area contributed by atoms with E-state index in [0.717, 1.165) is 48.5 Å². The summed E-state index contributed by atoms with van der Waals surface area (Å²) in [5.74, 6) is 2.52. The SMILES string of the molecule is COc1ccc(O)c(C2=NN3C(C2)c2cccc(OC)c2OC32CCCC2)c1. The maximum Gasteiger partial charge on any atom is 0.198 e. The molecule has 3 aliphatic rings. The lowest BCUT2D eigenvalue weighted by Gasteiger charge is -2.46. The number of hydrazone groups is 1. The molecule has 146 valence electrons. The number of phenolic OH excluding ortho intramolecular Hbond substituents is 1. The molecule has 1 spiro atoms. The van der Waals surface area contributed by atoms with Gasteiger partial charge in [0, 0.05) is 30.4 Å². The van der Waals surface area contributed by atoms with Crippen molar-refractivity contribution >= 4 is 5.71 Å². The lowest BCUT2D eigenvalue weighted by atomic mass is 9.93. The summed E-state index contributed by atoms with van der Waals surface area (Å²) in [6.07, 6.45) is 4.79. The smallest absolute Gasteiger partial charge is 0.198 e. The van der Waals surface area contributed by atoms with Crippen LogP contribution in [0, 0.1) is 0 Å². The Kier molecular flexibility index (Phi) is 3.89. The van der Waals surface area contributed by atoms with E-state index in [1.807, 2.05) is 18.2 Å². The second kappa shape index (κ2) is 6.33. The molecule has 28 heavy (non-hydrogen) atoms. The van der Waals surface area contributed by atoms with E-state index in [9.17, 15) is 5.11 Å². The van der Waals surface area contributed by atoms with Crippen LogP contribution >= 0.6 is 0 Å². The number of phenols is 1. The van der Waals surface area contributed by atoms with Crippen LogP contribution in [0.1, 0.15) is 49.3 Å². The normalized spacial score (nSPS) is 21.7. The highest BCUT2D eigenvalue weighted by molar-refractivity contribution is 6.04. The molecule has 0 bridgehead atoms. The average Bonchev–Trinajstić information content (AvgIpc) is 3.37. The maximum absolute atomic E-state index is 10.5. The topological polar surface area (TPSA) is 63.5 Å². The van der Waals surface area contributed by atoms with E-state index in [0.29, 0.717) is 17.7 Å². The minimum atomic E-state index is -0.442. The molecule has 2 aromatic carbocycles. The largest absolute Gasteiger partial charge is 0.507 e. The number of aromatic hydroxyl groups is 1. The third-order valence-corrected chi connectivity index (χ3v) is 6.11. The standard InChI is InChI=1S/C22H24N2O4/c1-26-14-8-9-19(25)16(12-14)17-13-18-15-6-5-7-20(27-2)21(15)28-22(24(18)23-17)10-3-4-11-22/h5-9,12,18,25H,3-4,10-11,13H2,1-2H3. The number of nitrogens with zero attached hydrogens (tertiary/aromatic N) is 2. The van der Waals surface area contributed by atoms with Crippen LogP contribution in [0.5, 0.6) is 23.0 Å². The van der Waals surface area contributed by atoms with Gasteiger partial charge in [-0.25, -0.2) is 5.01 Å². The van der Waals surface area contributed by atoms with E-state index in [2.05, 4.69) is 11.1 Å². The number of para-hydroxylation sites is 1. The molecule has 0 saturated heterocycles. The van der Waals surface area contributed by atoms with Gasteiger partial charge >= 0.3 is 0 Å². The molecule has 0 radical (unpaired) electrons. The molecule has 2 aromatic rings. The molecule has 6 nitrogen and oxygen atoms in total. The molecular weight excluding hydrogens is 356 g/mol. The van der Waals surface area contributed by atoms with Gasteiger partial charge in [0.15, 0.2) is 17.2 Å². The lowest BCUT2D eigenvalue weighted by molar-refractivity contribution is -0.115. The van der Waals surface area contributed by atoms with E-state index in [-0.39, 0.29) is 11.8 Å². The monoisotopic (exact) mass is 380 g/mol. The summed E-state index contributed by atoms with van der Waals surface area (Å²) in [6.45, 7) is 0. The fourth-order valence-electron chi connectivity index (χ4n) is 4.72. The molecule has 6 heteroatoms. The first-order valence-corrected chi connectivity index (χ1v) is 9.75. The van der Waals surface area contributed by atoms with Gasteiger partial charge in [0.1, 0.15) is 11.5 Å². The summed E-state index contributed by atoms with van der Waals surface area (Å²) in [4.78, 5) is 0. The van der Waals surface area contributed by atoms with Crippen molar-refractivity contribution in [2.45, 2.75) is 43.9 Å². The summed E-state index contributed by atoms with van der Waals surface area (Å²) >= 11 is 0. The van der Waals surface area contributed by atoms with Gasteiger partial charge in [-0.1, -0.05) is 12.1 Å². The predicted octanol–water partition coefficient (Wildman–Crippen LogP) is 4.22. The van der Waals surface area contributed by atoms with Crippen LogP contribution < -0.4 is 14.2 Å². The van der Waals surface area contributed by atoms with Crippen molar-refractivity contribution in [2.24, 2.45) is 5.10 Å². The molecule has 2 heterocycles.